The molecule has 1 aliphatic heterocycles. The second-order valence-electron chi connectivity index (χ2n) is 8.45. The van der Waals surface area contributed by atoms with E-state index in [4.69, 9.17) is 25.9 Å². The van der Waals surface area contributed by atoms with Crippen LogP contribution in [0.2, 0.25) is 0 Å². The quantitative estimate of drug-likeness (QED) is 0.370. The van der Waals surface area contributed by atoms with Crippen molar-refractivity contribution in [3.05, 3.63) is 40.6 Å². The summed E-state index contributed by atoms with van der Waals surface area (Å²) in [6.07, 6.45) is -0.660. The van der Waals surface area contributed by atoms with Crippen molar-refractivity contribution in [3.63, 3.8) is 0 Å². The number of hydroxylamine groups is 2. The van der Waals surface area contributed by atoms with Crippen molar-refractivity contribution in [3.8, 4) is 0 Å². The third kappa shape index (κ3) is 4.34. The second kappa shape index (κ2) is 8.46. The zero-order chi connectivity index (χ0) is 22.1. The standard InChI is InChI=1S/C22H30ClNO5/c1-13-10-9-11-14(2)16(13)17-18(28-20(26)21(4,5)12-23)22(6,7)24(19(17)25)29-15(3)27-8/h9-11,15H,12H2,1-8H3. The van der Waals surface area contributed by atoms with Gasteiger partial charge in [-0.2, -0.15) is 0 Å². The van der Waals surface area contributed by atoms with Crippen LogP contribution >= 0.6 is 11.6 Å². The van der Waals surface area contributed by atoms with Crippen LogP contribution in [-0.4, -0.2) is 41.8 Å². The largest absolute Gasteiger partial charge is 0.427 e. The Labute approximate surface area is 177 Å². The van der Waals surface area contributed by atoms with Gasteiger partial charge in [0.05, 0.1) is 11.0 Å². The van der Waals surface area contributed by atoms with E-state index >= 15 is 0 Å². The molecule has 0 saturated heterocycles. The first-order valence-electron chi connectivity index (χ1n) is 9.52. The number of benzene rings is 1. The molecular formula is C22H30ClNO5. The SMILES string of the molecule is COC(C)ON1C(=O)C(c2c(C)cccc2C)=C(OC(=O)C(C)(C)CCl)C1(C)C. The highest BCUT2D eigenvalue weighted by atomic mass is 35.5. The predicted octanol–water partition coefficient (Wildman–Crippen LogP) is 4.37. The molecule has 0 spiro atoms. The van der Waals surface area contributed by atoms with Gasteiger partial charge in [-0.3, -0.25) is 9.59 Å². The van der Waals surface area contributed by atoms with E-state index in [-0.39, 0.29) is 17.5 Å². The van der Waals surface area contributed by atoms with Gasteiger partial charge in [-0.05, 0) is 65.2 Å². The number of esters is 1. The summed E-state index contributed by atoms with van der Waals surface area (Å²) in [4.78, 5) is 32.0. The zero-order valence-corrected chi connectivity index (χ0v) is 19.1. The maximum atomic E-state index is 13.5. The van der Waals surface area contributed by atoms with Gasteiger partial charge in [0.2, 0.25) is 0 Å². The van der Waals surface area contributed by atoms with E-state index in [9.17, 15) is 9.59 Å². The maximum absolute atomic E-state index is 13.5. The molecule has 7 heteroatoms. The highest BCUT2D eigenvalue weighted by molar-refractivity contribution is 6.24. The second-order valence-corrected chi connectivity index (χ2v) is 8.71. The zero-order valence-electron chi connectivity index (χ0n) is 18.4. The minimum atomic E-state index is -1.04. The number of carbonyl (C=O) groups excluding carboxylic acids is 2. The predicted molar refractivity (Wildman–Crippen MR) is 112 cm³/mol. The van der Waals surface area contributed by atoms with Crippen LogP contribution in [0.15, 0.2) is 24.0 Å². The summed E-state index contributed by atoms with van der Waals surface area (Å²) in [7, 11) is 1.49. The fourth-order valence-corrected chi connectivity index (χ4v) is 3.22. The molecule has 160 valence electrons. The molecular weight excluding hydrogens is 394 g/mol. The Bertz CT molecular complexity index is 823. The van der Waals surface area contributed by atoms with Gasteiger partial charge in [0.1, 0.15) is 11.3 Å². The van der Waals surface area contributed by atoms with Crippen LogP contribution in [0.1, 0.15) is 51.3 Å². The lowest BCUT2D eigenvalue weighted by Crippen LogP contribution is -2.46. The summed E-state index contributed by atoms with van der Waals surface area (Å²) in [5.74, 6) is -0.560. The van der Waals surface area contributed by atoms with E-state index in [1.165, 1.54) is 12.2 Å². The van der Waals surface area contributed by atoms with Gasteiger partial charge in [-0.15, -0.1) is 11.6 Å². The monoisotopic (exact) mass is 423 g/mol. The third-order valence-corrected chi connectivity index (χ3v) is 5.76. The number of hydrogen-bond donors (Lipinski definition) is 0. The molecule has 0 bridgehead atoms. The first-order chi connectivity index (χ1) is 13.4. The summed E-state index contributed by atoms with van der Waals surface area (Å²) in [6, 6.07) is 5.75. The molecule has 1 aromatic carbocycles. The molecule has 1 aromatic rings. The number of rotatable bonds is 7. The van der Waals surface area contributed by atoms with Crippen molar-refractivity contribution in [2.24, 2.45) is 5.41 Å². The van der Waals surface area contributed by atoms with E-state index in [0.717, 1.165) is 16.7 Å². The lowest BCUT2D eigenvalue weighted by atomic mass is 9.92. The van der Waals surface area contributed by atoms with Gasteiger partial charge in [-0.1, -0.05) is 18.2 Å². The fourth-order valence-electron chi connectivity index (χ4n) is 3.11. The Morgan fingerprint density at radius 2 is 1.79 bits per heavy atom. The molecule has 1 heterocycles. The Morgan fingerprint density at radius 3 is 2.28 bits per heavy atom. The Kier molecular flexibility index (Phi) is 6.82. The molecule has 0 radical (unpaired) electrons. The van der Waals surface area contributed by atoms with Crippen LogP contribution in [0.3, 0.4) is 0 Å². The lowest BCUT2D eigenvalue weighted by molar-refractivity contribution is -0.276. The van der Waals surface area contributed by atoms with Crippen molar-refractivity contribution < 1.29 is 23.9 Å². The molecule has 29 heavy (non-hydrogen) atoms. The number of alkyl halides is 1. The summed E-state index contributed by atoms with van der Waals surface area (Å²) < 4.78 is 11.0. The average molecular weight is 424 g/mol. The fraction of sp³-hybridized carbons (Fsp3) is 0.545. The number of hydrogen-bond acceptors (Lipinski definition) is 5. The maximum Gasteiger partial charge on any atom is 0.317 e. The van der Waals surface area contributed by atoms with Crippen LogP contribution in [0.25, 0.3) is 5.57 Å². The summed E-state index contributed by atoms with van der Waals surface area (Å²) in [6.45, 7) is 12.5. The van der Waals surface area contributed by atoms with Crippen LogP contribution in [0.5, 0.6) is 0 Å². The van der Waals surface area contributed by atoms with Crippen LogP contribution in [0, 0.1) is 19.3 Å². The number of ether oxygens (including phenoxy) is 2. The molecule has 0 aromatic heterocycles. The van der Waals surface area contributed by atoms with E-state index in [0.29, 0.717) is 5.57 Å². The Balaban J connectivity index is 2.68. The first kappa shape index (κ1) is 23.4. The number of methoxy groups -OCH3 is 1. The van der Waals surface area contributed by atoms with Gasteiger partial charge >= 0.3 is 5.97 Å². The van der Waals surface area contributed by atoms with Crippen LogP contribution in [-0.2, 0) is 23.9 Å². The number of nitrogens with zero attached hydrogens (tertiary/aromatic N) is 1. The van der Waals surface area contributed by atoms with Crippen LogP contribution < -0.4 is 0 Å². The highest BCUT2D eigenvalue weighted by Gasteiger charge is 2.51. The summed E-state index contributed by atoms with van der Waals surface area (Å²) in [5.41, 5.74) is 0.896. The Hall–Kier alpha value is -1.89. The molecule has 2 rings (SSSR count). The molecule has 0 N–H and O–H groups in total. The number of aryl methyl sites for hydroxylation is 2. The minimum absolute atomic E-state index is 0.0904. The van der Waals surface area contributed by atoms with Crippen molar-refractivity contribution in [1.29, 1.82) is 0 Å². The van der Waals surface area contributed by atoms with Crippen molar-refractivity contribution in [2.75, 3.05) is 13.0 Å². The highest BCUT2D eigenvalue weighted by Crippen LogP contribution is 2.43. The molecule has 0 saturated carbocycles. The minimum Gasteiger partial charge on any atom is -0.427 e. The van der Waals surface area contributed by atoms with E-state index < -0.39 is 23.2 Å². The van der Waals surface area contributed by atoms with E-state index in [2.05, 4.69) is 0 Å². The van der Waals surface area contributed by atoms with Gasteiger partial charge in [-0.25, -0.2) is 9.90 Å². The normalized spacial score (nSPS) is 17.7. The Morgan fingerprint density at radius 1 is 1.24 bits per heavy atom. The topological polar surface area (TPSA) is 65.1 Å². The van der Waals surface area contributed by atoms with Crippen molar-refractivity contribution >= 4 is 29.1 Å². The van der Waals surface area contributed by atoms with Gasteiger partial charge in [0.15, 0.2) is 6.29 Å². The summed E-state index contributed by atoms with van der Waals surface area (Å²) >= 11 is 5.96. The van der Waals surface area contributed by atoms with E-state index in [1.54, 1.807) is 34.6 Å². The van der Waals surface area contributed by atoms with Gasteiger partial charge < -0.3 is 9.47 Å². The van der Waals surface area contributed by atoms with Crippen molar-refractivity contribution in [1.82, 2.24) is 5.06 Å². The molecule has 0 aliphatic carbocycles. The van der Waals surface area contributed by atoms with Crippen molar-refractivity contribution in [2.45, 2.75) is 60.3 Å². The molecule has 1 atom stereocenters. The molecule has 0 fully saturated rings. The molecule has 6 nitrogen and oxygen atoms in total. The summed E-state index contributed by atoms with van der Waals surface area (Å²) in [5, 5.41) is 1.22. The number of halogens is 1. The first-order valence-corrected chi connectivity index (χ1v) is 10.1. The van der Waals surface area contributed by atoms with Gasteiger partial charge in [0.25, 0.3) is 5.91 Å². The number of carbonyl (C=O) groups is 2. The van der Waals surface area contributed by atoms with Gasteiger partial charge in [0, 0.05) is 13.0 Å². The average Bonchev–Trinajstić information content (AvgIpc) is 2.82. The third-order valence-electron chi connectivity index (χ3n) is 5.09. The smallest absolute Gasteiger partial charge is 0.317 e. The lowest BCUT2D eigenvalue weighted by Gasteiger charge is -2.34. The molecule has 1 aliphatic rings. The molecule has 1 amide bonds. The van der Waals surface area contributed by atoms with Crippen LogP contribution in [0.4, 0.5) is 0 Å². The number of amides is 1. The molecule has 1 unspecified atom stereocenters. The van der Waals surface area contributed by atoms with E-state index in [1.807, 2.05) is 32.0 Å².